The summed E-state index contributed by atoms with van der Waals surface area (Å²) in [6.45, 7) is 7.54. The molecule has 1 aliphatic heterocycles. The van der Waals surface area contributed by atoms with Crippen LogP contribution in [0.25, 0.3) is 5.69 Å². The molecule has 1 aromatic heterocycles. The fourth-order valence-electron chi connectivity index (χ4n) is 4.36. The molecule has 3 N–H and O–H groups in total. The maximum absolute atomic E-state index is 12.8. The van der Waals surface area contributed by atoms with Gasteiger partial charge in [-0.05, 0) is 42.9 Å². The number of hydrogen-bond donors (Lipinski definition) is 2. The Bertz CT molecular complexity index is 971. The highest BCUT2D eigenvalue weighted by Crippen LogP contribution is 2.37. The summed E-state index contributed by atoms with van der Waals surface area (Å²) in [4.78, 5) is 24.8. The molecule has 154 valence electrons. The Morgan fingerprint density at radius 2 is 2.17 bits per heavy atom. The van der Waals surface area contributed by atoms with Gasteiger partial charge in [0.1, 0.15) is 0 Å². The van der Waals surface area contributed by atoms with Crippen LogP contribution >= 0.6 is 0 Å². The Morgan fingerprint density at radius 3 is 2.83 bits per heavy atom. The fourth-order valence-corrected chi connectivity index (χ4v) is 4.36. The molecule has 2 heterocycles. The molecule has 1 aliphatic carbocycles. The highest BCUT2D eigenvalue weighted by atomic mass is 16.5. The van der Waals surface area contributed by atoms with Crippen LogP contribution in [0.1, 0.15) is 65.7 Å². The number of anilines is 1. The number of benzene rings is 1. The minimum Gasteiger partial charge on any atom is -0.379 e. The van der Waals surface area contributed by atoms with Crippen molar-refractivity contribution >= 4 is 17.4 Å². The van der Waals surface area contributed by atoms with Crippen LogP contribution in [0, 0.1) is 5.41 Å². The monoisotopic (exact) mass is 396 g/mol. The molecule has 7 heteroatoms. The summed E-state index contributed by atoms with van der Waals surface area (Å²) in [5, 5.41) is 8.16. The van der Waals surface area contributed by atoms with Gasteiger partial charge in [-0.1, -0.05) is 20.8 Å². The molecule has 4 rings (SSSR count). The number of aryl methyl sites for hydroxylation is 1. The van der Waals surface area contributed by atoms with Crippen LogP contribution in [0.3, 0.4) is 0 Å². The van der Waals surface area contributed by atoms with E-state index < -0.39 is 5.91 Å². The molecule has 0 unspecified atom stereocenters. The molecule has 0 saturated carbocycles. The van der Waals surface area contributed by atoms with Gasteiger partial charge in [0.05, 0.1) is 40.9 Å². The van der Waals surface area contributed by atoms with Gasteiger partial charge in [-0.3, -0.25) is 9.59 Å². The normalized spacial score (nSPS) is 20.5. The number of aromatic nitrogens is 2. The van der Waals surface area contributed by atoms with E-state index in [1.165, 1.54) is 0 Å². The van der Waals surface area contributed by atoms with E-state index in [0.29, 0.717) is 37.3 Å². The third kappa shape index (κ3) is 3.67. The zero-order valence-corrected chi connectivity index (χ0v) is 17.2. The molecule has 1 amide bonds. The van der Waals surface area contributed by atoms with Crippen LogP contribution in [0.4, 0.5) is 5.69 Å². The van der Waals surface area contributed by atoms with E-state index in [1.807, 2.05) is 23.7 Å². The van der Waals surface area contributed by atoms with E-state index in [9.17, 15) is 9.59 Å². The Balaban J connectivity index is 1.81. The summed E-state index contributed by atoms with van der Waals surface area (Å²) in [6.07, 6.45) is 2.89. The van der Waals surface area contributed by atoms with Crippen molar-refractivity contribution in [2.75, 3.05) is 18.5 Å². The zero-order valence-electron chi connectivity index (χ0n) is 17.2. The summed E-state index contributed by atoms with van der Waals surface area (Å²) in [5.41, 5.74) is 9.96. The lowest BCUT2D eigenvalue weighted by molar-refractivity contribution is 0.0909. The van der Waals surface area contributed by atoms with E-state index in [1.54, 1.807) is 6.07 Å². The van der Waals surface area contributed by atoms with E-state index in [2.05, 4.69) is 19.2 Å². The van der Waals surface area contributed by atoms with Crippen molar-refractivity contribution in [2.45, 2.75) is 52.5 Å². The SMILES string of the molecule is CCc1nn(-c2ccc(C(N)=O)c(N[C@H]3CCOC3)c2)c2c1C(=O)CC(C)(C)C2. The van der Waals surface area contributed by atoms with Crippen LogP contribution < -0.4 is 11.1 Å². The van der Waals surface area contributed by atoms with Crippen molar-refractivity contribution in [3.8, 4) is 5.69 Å². The van der Waals surface area contributed by atoms with Crippen LogP contribution in [0.2, 0.25) is 0 Å². The van der Waals surface area contributed by atoms with Crippen LogP contribution in [-0.4, -0.2) is 40.7 Å². The van der Waals surface area contributed by atoms with Gasteiger partial charge in [0.25, 0.3) is 5.91 Å². The fraction of sp³-hybridized carbons (Fsp3) is 0.500. The maximum Gasteiger partial charge on any atom is 0.250 e. The number of amides is 1. The Labute approximate surface area is 170 Å². The highest BCUT2D eigenvalue weighted by Gasteiger charge is 2.36. The lowest BCUT2D eigenvalue weighted by Crippen LogP contribution is -2.28. The second-order valence-electron chi connectivity index (χ2n) is 8.77. The van der Waals surface area contributed by atoms with E-state index in [0.717, 1.165) is 35.5 Å². The van der Waals surface area contributed by atoms with Crippen molar-refractivity contribution in [3.05, 3.63) is 40.7 Å². The summed E-state index contributed by atoms with van der Waals surface area (Å²) in [5.74, 6) is -0.319. The number of nitrogens with two attached hydrogens (primary N) is 1. The van der Waals surface area contributed by atoms with Gasteiger partial charge < -0.3 is 15.8 Å². The highest BCUT2D eigenvalue weighted by molar-refractivity contribution is 6.00. The number of hydrogen-bond acceptors (Lipinski definition) is 5. The summed E-state index contributed by atoms with van der Waals surface area (Å²) in [7, 11) is 0. The number of carbonyl (C=O) groups is 2. The number of nitrogens with one attached hydrogen (secondary N) is 1. The van der Waals surface area contributed by atoms with E-state index in [-0.39, 0.29) is 17.2 Å². The second kappa shape index (κ2) is 7.30. The van der Waals surface area contributed by atoms with Crippen molar-refractivity contribution < 1.29 is 14.3 Å². The summed E-state index contributed by atoms with van der Waals surface area (Å²) < 4.78 is 7.31. The zero-order chi connectivity index (χ0) is 20.8. The predicted molar refractivity (Wildman–Crippen MR) is 111 cm³/mol. The molecule has 1 saturated heterocycles. The average Bonchev–Trinajstić information content (AvgIpc) is 3.28. The van der Waals surface area contributed by atoms with Gasteiger partial charge in [-0.2, -0.15) is 5.10 Å². The first-order valence-electron chi connectivity index (χ1n) is 10.2. The average molecular weight is 396 g/mol. The molecule has 7 nitrogen and oxygen atoms in total. The Hall–Kier alpha value is -2.67. The predicted octanol–water partition coefficient (Wildman–Crippen LogP) is 2.89. The minimum atomic E-state index is -0.481. The number of Topliss-reactive ketones (excluding diaryl/α,β-unsaturated/α-hetero) is 1. The maximum atomic E-state index is 12.8. The van der Waals surface area contributed by atoms with E-state index in [4.69, 9.17) is 15.6 Å². The van der Waals surface area contributed by atoms with Crippen molar-refractivity contribution in [3.63, 3.8) is 0 Å². The number of primary amides is 1. The van der Waals surface area contributed by atoms with E-state index >= 15 is 0 Å². The third-order valence-electron chi connectivity index (χ3n) is 5.75. The molecule has 0 radical (unpaired) electrons. The number of rotatable bonds is 5. The van der Waals surface area contributed by atoms with Gasteiger partial charge in [0.2, 0.25) is 0 Å². The standard InChI is InChI=1S/C22H28N4O3/c1-4-16-20-18(10-22(2,3)11-19(20)27)26(25-16)14-5-6-15(21(23)28)17(9-14)24-13-7-8-29-12-13/h5-6,9,13,24H,4,7-8,10-12H2,1-3H3,(H2,23,28)/t13-/m0/s1. The number of carbonyl (C=O) groups excluding carboxylic acids is 2. The van der Waals surface area contributed by atoms with Crippen LogP contribution in [-0.2, 0) is 17.6 Å². The lowest BCUT2D eigenvalue weighted by atomic mass is 9.75. The first-order valence-corrected chi connectivity index (χ1v) is 10.2. The van der Waals surface area contributed by atoms with Gasteiger partial charge in [0, 0.05) is 18.7 Å². The number of nitrogens with zero attached hydrogens (tertiary/aromatic N) is 2. The molecule has 0 bridgehead atoms. The quantitative estimate of drug-likeness (QED) is 0.810. The summed E-state index contributed by atoms with van der Waals surface area (Å²) in [6, 6.07) is 5.61. The van der Waals surface area contributed by atoms with Gasteiger partial charge in [-0.15, -0.1) is 0 Å². The number of ketones is 1. The molecule has 1 fully saturated rings. The van der Waals surface area contributed by atoms with Crippen molar-refractivity contribution in [2.24, 2.45) is 11.1 Å². The first-order chi connectivity index (χ1) is 13.8. The largest absolute Gasteiger partial charge is 0.379 e. The molecular weight excluding hydrogens is 368 g/mol. The molecule has 0 spiro atoms. The molecule has 2 aromatic rings. The Kier molecular flexibility index (Phi) is 4.94. The number of fused-ring (bicyclic) bond motifs is 1. The summed E-state index contributed by atoms with van der Waals surface area (Å²) >= 11 is 0. The minimum absolute atomic E-state index is 0.109. The first kappa shape index (κ1) is 19.6. The topological polar surface area (TPSA) is 99.2 Å². The lowest BCUT2D eigenvalue weighted by Gasteiger charge is -2.29. The van der Waals surface area contributed by atoms with Crippen molar-refractivity contribution in [1.29, 1.82) is 0 Å². The Morgan fingerprint density at radius 1 is 1.38 bits per heavy atom. The number of ether oxygens (including phenoxy) is 1. The molecule has 2 aliphatic rings. The third-order valence-corrected chi connectivity index (χ3v) is 5.75. The molecule has 29 heavy (non-hydrogen) atoms. The van der Waals surface area contributed by atoms with Crippen LogP contribution in [0.15, 0.2) is 18.2 Å². The van der Waals surface area contributed by atoms with Gasteiger partial charge in [-0.25, -0.2) is 4.68 Å². The van der Waals surface area contributed by atoms with Crippen molar-refractivity contribution in [1.82, 2.24) is 9.78 Å². The van der Waals surface area contributed by atoms with Gasteiger partial charge >= 0.3 is 0 Å². The van der Waals surface area contributed by atoms with Crippen LogP contribution in [0.5, 0.6) is 0 Å². The second-order valence-corrected chi connectivity index (χ2v) is 8.77. The smallest absolute Gasteiger partial charge is 0.250 e. The molecule has 1 aromatic carbocycles. The molecule has 1 atom stereocenters. The van der Waals surface area contributed by atoms with Gasteiger partial charge in [0.15, 0.2) is 5.78 Å². The molecular formula is C22H28N4O3.